The van der Waals surface area contributed by atoms with Crippen molar-refractivity contribution in [3.05, 3.63) is 23.3 Å². The van der Waals surface area contributed by atoms with E-state index in [1.165, 1.54) is 77.0 Å². The number of hydrogen-bond donors (Lipinski definition) is 0. The van der Waals surface area contributed by atoms with Crippen molar-refractivity contribution in [2.24, 2.45) is 11.8 Å². The van der Waals surface area contributed by atoms with E-state index in [0.717, 1.165) is 11.8 Å². The predicted molar refractivity (Wildman–Crippen MR) is 89.9 cm³/mol. The van der Waals surface area contributed by atoms with Gasteiger partial charge in [-0.15, -0.1) is 0 Å². The van der Waals surface area contributed by atoms with Crippen molar-refractivity contribution in [3.63, 3.8) is 0 Å². The van der Waals surface area contributed by atoms with Gasteiger partial charge in [-0.1, -0.05) is 63.7 Å². The largest absolute Gasteiger partial charge is 0.0843 e. The summed E-state index contributed by atoms with van der Waals surface area (Å²) in [5.41, 5.74) is 3.57. The fourth-order valence-electron chi connectivity index (χ4n) is 4.07. The molecule has 0 aromatic carbocycles. The van der Waals surface area contributed by atoms with Gasteiger partial charge in [0.05, 0.1) is 0 Å². The number of fused-ring (bicyclic) bond motifs is 1. The molecule has 2 aliphatic carbocycles. The fraction of sp³-hybridized carbons (Fsp3) is 0.800. The smallest absolute Gasteiger partial charge is 0.0172 e. The van der Waals surface area contributed by atoms with Gasteiger partial charge in [-0.2, -0.15) is 0 Å². The van der Waals surface area contributed by atoms with E-state index in [9.17, 15) is 0 Å². The Morgan fingerprint density at radius 2 is 1.85 bits per heavy atom. The van der Waals surface area contributed by atoms with Crippen LogP contribution in [0.4, 0.5) is 0 Å². The third kappa shape index (κ3) is 4.50. The van der Waals surface area contributed by atoms with Crippen LogP contribution in [0.25, 0.3) is 0 Å². The molecule has 0 aromatic rings. The minimum Gasteiger partial charge on any atom is -0.0843 e. The summed E-state index contributed by atoms with van der Waals surface area (Å²) in [5.74, 6) is 1.84. The maximum atomic E-state index is 2.51. The molecular formula is C20H34. The summed E-state index contributed by atoms with van der Waals surface area (Å²) in [6.45, 7) is 4.81. The van der Waals surface area contributed by atoms with E-state index in [1.54, 1.807) is 5.57 Å². The summed E-state index contributed by atoms with van der Waals surface area (Å²) in [7, 11) is 0. The minimum absolute atomic E-state index is 0.908. The zero-order valence-corrected chi connectivity index (χ0v) is 13.8. The Kier molecular flexibility index (Phi) is 6.90. The van der Waals surface area contributed by atoms with Gasteiger partial charge >= 0.3 is 0 Å². The topological polar surface area (TPSA) is 0 Å². The average molecular weight is 274 g/mol. The van der Waals surface area contributed by atoms with Crippen LogP contribution in [0.2, 0.25) is 0 Å². The molecule has 1 saturated carbocycles. The van der Waals surface area contributed by atoms with Gasteiger partial charge in [0.2, 0.25) is 0 Å². The Morgan fingerprint density at radius 3 is 2.70 bits per heavy atom. The van der Waals surface area contributed by atoms with Gasteiger partial charge in [0, 0.05) is 0 Å². The first kappa shape index (κ1) is 15.9. The van der Waals surface area contributed by atoms with Crippen LogP contribution in [0.3, 0.4) is 0 Å². The Hall–Kier alpha value is -0.520. The Bertz CT molecular complexity index is 334. The number of hydrogen-bond acceptors (Lipinski definition) is 0. The second kappa shape index (κ2) is 8.70. The summed E-state index contributed by atoms with van der Waals surface area (Å²) in [4.78, 5) is 0. The highest BCUT2D eigenvalue weighted by atomic mass is 14.3. The maximum absolute atomic E-state index is 2.51. The fourth-order valence-corrected chi connectivity index (χ4v) is 4.07. The molecule has 0 nitrogen and oxygen atoms in total. The molecule has 0 saturated heterocycles. The van der Waals surface area contributed by atoms with Crippen molar-refractivity contribution in [1.29, 1.82) is 0 Å². The third-order valence-electron chi connectivity index (χ3n) is 5.42. The van der Waals surface area contributed by atoms with E-state index in [4.69, 9.17) is 0 Å². The van der Waals surface area contributed by atoms with E-state index in [-0.39, 0.29) is 0 Å². The monoisotopic (exact) mass is 274 g/mol. The van der Waals surface area contributed by atoms with Gasteiger partial charge in [0.1, 0.15) is 0 Å². The van der Waals surface area contributed by atoms with E-state index in [0.29, 0.717) is 0 Å². The van der Waals surface area contributed by atoms with E-state index in [1.807, 2.05) is 5.57 Å². The highest BCUT2D eigenvalue weighted by Crippen LogP contribution is 2.42. The van der Waals surface area contributed by atoms with Crippen molar-refractivity contribution in [3.8, 4) is 0 Å². The molecule has 0 heterocycles. The molecule has 2 atom stereocenters. The summed E-state index contributed by atoms with van der Waals surface area (Å²) >= 11 is 0. The van der Waals surface area contributed by atoms with Crippen molar-refractivity contribution >= 4 is 0 Å². The zero-order valence-electron chi connectivity index (χ0n) is 13.8. The Balaban J connectivity index is 2.16. The molecule has 0 N–H and O–H groups in total. The Labute approximate surface area is 126 Å². The molecule has 2 aliphatic rings. The average Bonchev–Trinajstić information content (AvgIpc) is 2.80. The van der Waals surface area contributed by atoms with Crippen LogP contribution in [0.5, 0.6) is 0 Å². The first-order chi connectivity index (χ1) is 9.83. The van der Waals surface area contributed by atoms with Gasteiger partial charge in [0.25, 0.3) is 0 Å². The summed E-state index contributed by atoms with van der Waals surface area (Å²) in [6.07, 6.45) is 21.8. The first-order valence-electron chi connectivity index (χ1n) is 9.21. The lowest BCUT2D eigenvalue weighted by Gasteiger charge is -2.20. The van der Waals surface area contributed by atoms with Gasteiger partial charge < -0.3 is 0 Å². The molecule has 1 fully saturated rings. The molecule has 2 rings (SSSR count). The third-order valence-corrected chi connectivity index (χ3v) is 5.42. The molecule has 0 spiro atoms. The second-order valence-corrected chi connectivity index (χ2v) is 7.02. The molecule has 0 heteroatoms. The SMILES string of the molecule is CCCCC1=C2CCC(C)C2CCCCCCCC=C1. The van der Waals surface area contributed by atoms with Crippen molar-refractivity contribution in [2.45, 2.75) is 90.9 Å². The van der Waals surface area contributed by atoms with Crippen LogP contribution in [-0.4, -0.2) is 0 Å². The van der Waals surface area contributed by atoms with Crippen LogP contribution in [0, 0.1) is 11.8 Å². The summed E-state index contributed by atoms with van der Waals surface area (Å²) in [6, 6.07) is 0. The lowest BCUT2D eigenvalue weighted by molar-refractivity contribution is 0.409. The van der Waals surface area contributed by atoms with Gasteiger partial charge in [-0.05, 0) is 62.4 Å². The van der Waals surface area contributed by atoms with Crippen molar-refractivity contribution < 1.29 is 0 Å². The molecule has 0 aromatic heterocycles. The molecule has 0 amide bonds. The van der Waals surface area contributed by atoms with Crippen LogP contribution in [0.1, 0.15) is 90.9 Å². The lowest BCUT2D eigenvalue weighted by atomic mass is 9.85. The van der Waals surface area contributed by atoms with E-state index >= 15 is 0 Å². The van der Waals surface area contributed by atoms with E-state index in [2.05, 4.69) is 26.0 Å². The van der Waals surface area contributed by atoms with Crippen LogP contribution >= 0.6 is 0 Å². The van der Waals surface area contributed by atoms with Crippen molar-refractivity contribution in [2.75, 3.05) is 0 Å². The standard InChI is InChI=1S/C20H34/c1-3-4-12-18-13-10-8-6-5-7-9-11-14-19-17(2)15-16-20(18)19/h10,13,17,19H,3-9,11-12,14-16H2,1-2H3. The summed E-state index contributed by atoms with van der Waals surface area (Å²) in [5, 5.41) is 0. The van der Waals surface area contributed by atoms with Gasteiger partial charge in [-0.3, -0.25) is 0 Å². The predicted octanol–water partition coefficient (Wildman–Crippen LogP) is 6.82. The maximum Gasteiger partial charge on any atom is -0.0172 e. The van der Waals surface area contributed by atoms with Crippen LogP contribution in [-0.2, 0) is 0 Å². The molecule has 0 radical (unpaired) electrons. The lowest BCUT2D eigenvalue weighted by Crippen LogP contribution is -2.08. The zero-order chi connectivity index (χ0) is 14.2. The molecule has 2 unspecified atom stereocenters. The highest BCUT2D eigenvalue weighted by Gasteiger charge is 2.29. The van der Waals surface area contributed by atoms with Crippen molar-refractivity contribution in [1.82, 2.24) is 0 Å². The first-order valence-corrected chi connectivity index (χ1v) is 9.21. The van der Waals surface area contributed by atoms with Crippen LogP contribution < -0.4 is 0 Å². The van der Waals surface area contributed by atoms with Gasteiger partial charge in [-0.25, -0.2) is 0 Å². The molecule has 0 aliphatic heterocycles. The van der Waals surface area contributed by atoms with Crippen LogP contribution in [0.15, 0.2) is 23.3 Å². The van der Waals surface area contributed by atoms with E-state index < -0.39 is 0 Å². The molecular weight excluding hydrogens is 240 g/mol. The molecule has 20 heavy (non-hydrogen) atoms. The molecule has 114 valence electrons. The molecule has 0 bridgehead atoms. The minimum atomic E-state index is 0.908. The Morgan fingerprint density at radius 1 is 1.05 bits per heavy atom. The quantitative estimate of drug-likeness (QED) is 0.529. The highest BCUT2D eigenvalue weighted by molar-refractivity contribution is 5.30. The second-order valence-electron chi connectivity index (χ2n) is 7.02. The number of unbranched alkanes of at least 4 members (excludes halogenated alkanes) is 1. The van der Waals surface area contributed by atoms with Gasteiger partial charge in [0.15, 0.2) is 0 Å². The number of rotatable bonds is 3. The summed E-state index contributed by atoms with van der Waals surface area (Å²) < 4.78 is 0. The normalized spacial score (nSPS) is 28.9. The number of allylic oxidation sites excluding steroid dienone is 4.